The molecule has 138 valence electrons. The fraction of sp³-hybridized carbons (Fsp3) is 0.421. The molecule has 0 aliphatic heterocycles. The molecule has 1 aromatic carbocycles. The number of rotatable bonds is 8. The first kappa shape index (κ1) is 18.7. The fourth-order valence-electron chi connectivity index (χ4n) is 3.21. The zero-order valence-corrected chi connectivity index (χ0v) is 15.4. The van der Waals surface area contributed by atoms with Crippen LogP contribution in [0, 0.1) is 0 Å². The molecule has 0 saturated heterocycles. The molecule has 0 spiro atoms. The third kappa shape index (κ3) is 4.53. The molecule has 1 aliphatic carbocycles. The van der Waals surface area contributed by atoms with Crippen LogP contribution in [0.25, 0.3) is 0 Å². The lowest BCUT2D eigenvalue weighted by atomic mass is 10.1. The summed E-state index contributed by atoms with van der Waals surface area (Å²) in [4.78, 5) is 28.4. The Balaban J connectivity index is 1.56. The number of fused-ring (bicyclic) bond motifs is 1. The zero-order chi connectivity index (χ0) is 18.4. The smallest absolute Gasteiger partial charge is 0.348 e. The van der Waals surface area contributed by atoms with E-state index in [9.17, 15) is 9.59 Å². The Labute approximate surface area is 156 Å². The summed E-state index contributed by atoms with van der Waals surface area (Å²) in [6.07, 6.45) is 3.46. The molecule has 1 amide bonds. The van der Waals surface area contributed by atoms with Crippen molar-refractivity contribution in [3.05, 3.63) is 57.6 Å². The number of thioether (sulfide) groups is 1. The maximum atomic E-state index is 12.2. The highest BCUT2D eigenvalue weighted by Crippen LogP contribution is 2.28. The summed E-state index contributed by atoms with van der Waals surface area (Å²) in [5.74, 6) is 0.191. The summed E-state index contributed by atoms with van der Waals surface area (Å²) in [5, 5.41) is 12.7. The molecule has 1 heterocycles. The molecule has 7 heteroatoms. The largest absolute Gasteiger partial charge is 0.395 e. The molecule has 0 saturated carbocycles. The Morgan fingerprint density at radius 3 is 2.85 bits per heavy atom. The number of aliphatic hydroxyl groups is 1. The number of nitrogens with one attached hydrogen (secondary N) is 1. The summed E-state index contributed by atoms with van der Waals surface area (Å²) < 4.78 is 1.56. The number of nitrogens with zero attached hydrogens (tertiary/aromatic N) is 2. The molecule has 2 aromatic rings. The molecule has 26 heavy (non-hydrogen) atoms. The number of aromatic nitrogens is 2. The molecule has 3 rings (SSSR count). The van der Waals surface area contributed by atoms with Crippen LogP contribution in [0.5, 0.6) is 0 Å². The van der Waals surface area contributed by atoms with Gasteiger partial charge >= 0.3 is 5.69 Å². The molecular weight excluding hydrogens is 350 g/mol. The molecule has 1 aromatic heterocycles. The van der Waals surface area contributed by atoms with Crippen LogP contribution >= 0.6 is 11.8 Å². The Hall–Kier alpha value is -2.12. The predicted octanol–water partition coefficient (Wildman–Crippen LogP) is 1.18. The molecule has 1 aliphatic rings. The van der Waals surface area contributed by atoms with Gasteiger partial charge in [-0.25, -0.2) is 4.79 Å². The van der Waals surface area contributed by atoms with E-state index in [2.05, 4.69) is 10.3 Å². The maximum Gasteiger partial charge on any atom is 0.348 e. The SMILES string of the molecule is O=C(CSc1nc(=O)n(CCO)c2c1CCC2)NCCc1ccccc1. The van der Waals surface area contributed by atoms with Crippen LogP contribution in [0.15, 0.2) is 40.2 Å². The van der Waals surface area contributed by atoms with E-state index >= 15 is 0 Å². The van der Waals surface area contributed by atoms with Crippen LogP contribution in [0.2, 0.25) is 0 Å². The first-order chi connectivity index (χ1) is 12.7. The summed E-state index contributed by atoms with van der Waals surface area (Å²) in [7, 11) is 0. The molecule has 0 unspecified atom stereocenters. The summed E-state index contributed by atoms with van der Waals surface area (Å²) in [5.41, 5.74) is 2.87. The molecular formula is C19H23N3O3S. The minimum atomic E-state index is -0.341. The minimum absolute atomic E-state index is 0.0565. The highest BCUT2D eigenvalue weighted by molar-refractivity contribution is 7.99. The van der Waals surface area contributed by atoms with E-state index in [1.54, 1.807) is 4.57 Å². The van der Waals surface area contributed by atoms with Gasteiger partial charge in [-0.3, -0.25) is 9.36 Å². The van der Waals surface area contributed by atoms with Gasteiger partial charge < -0.3 is 10.4 Å². The Morgan fingerprint density at radius 2 is 2.08 bits per heavy atom. The molecule has 6 nitrogen and oxygen atoms in total. The average molecular weight is 373 g/mol. The van der Waals surface area contributed by atoms with Gasteiger partial charge in [0.05, 0.1) is 18.9 Å². The topological polar surface area (TPSA) is 84.2 Å². The van der Waals surface area contributed by atoms with E-state index in [-0.39, 0.29) is 30.5 Å². The van der Waals surface area contributed by atoms with Crippen LogP contribution in [0.4, 0.5) is 0 Å². The van der Waals surface area contributed by atoms with Gasteiger partial charge in [0, 0.05) is 17.8 Å². The Kier molecular flexibility index (Phi) is 6.46. The first-order valence-electron chi connectivity index (χ1n) is 8.86. The van der Waals surface area contributed by atoms with Crippen molar-refractivity contribution in [2.24, 2.45) is 0 Å². The van der Waals surface area contributed by atoms with Gasteiger partial charge in [-0.05, 0) is 31.2 Å². The lowest BCUT2D eigenvalue weighted by Gasteiger charge is -2.13. The number of aliphatic hydroxyl groups excluding tert-OH is 1. The quantitative estimate of drug-likeness (QED) is 0.536. The van der Waals surface area contributed by atoms with Gasteiger partial charge in [-0.15, -0.1) is 0 Å². The van der Waals surface area contributed by atoms with Crippen LogP contribution in [-0.2, 0) is 30.6 Å². The summed E-state index contributed by atoms with van der Waals surface area (Å²) in [6, 6.07) is 10.0. The summed E-state index contributed by atoms with van der Waals surface area (Å²) >= 11 is 1.32. The number of amides is 1. The van der Waals surface area contributed by atoms with Crippen LogP contribution in [-0.4, -0.2) is 39.5 Å². The molecule has 0 atom stereocenters. The lowest BCUT2D eigenvalue weighted by Crippen LogP contribution is -2.29. The van der Waals surface area contributed by atoms with Crippen molar-refractivity contribution in [1.29, 1.82) is 0 Å². The standard InChI is InChI=1S/C19H23N3O3S/c23-12-11-22-16-8-4-7-15(16)18(21-19(22)25)26-13-17(24)20-10-9-14-5-2-1-3-6-14/h1-3,5-6,23H,4,7-13H2,(H,20,24). The maximum absolute atomic E-state index is 12.2. The van der Waals surface area contributed by atoms with Crippen molar-refractivity contribution in [2.45, 2.75) is 37.3 Å². The van der Waals surface area contributed by atoms with Gasteiger partial charge in [-0.1, -0.05) is 42.1 Å². The Bertz CT molecular complexity index is 821. The van der Waals surface area contributed by atoms with Crippen molar-refractivity contribution in [3.63, 3.8) is 0 Å². The van der Waals surface area contributed by atoms with Crippen molar-refractivity contribution in [3.8, 4) is 0 Å². The van der Waals surface area contributed by atoms with Gasteiger partial charge in [0.2, 0.25) is 5.91 Å². The van der Waals surface area contributed by atoms with E-state index in [0.717, 1.165) is 36.9 Å². The van der Waals surface area contributed by atoms with E-state index in [0.29, 0.717) is 11.6 Å². The number of hydrogen-bond donors (Lipinski definition) is 2. The van der Waals surface area contributed by atoms with Crippen LogP contribution in [0.1, 0.15) is 23.2 Å². The second-order valence-electron chi connectivity index (χ2n) is 6.23. The third-order valence-corrected chi connectivity index (χ3v) is 5.46. The molecule has 0 fully saturated rings. The normalized spacial score (nSPS) is 12.8. The van der Waals surface area contributed by atoms with Crippen LogP contribution < -0.4 is 11.0 Å². The predicted molar refractivity (Wildman–Crippen MR) is 101 cm³/mol. The van der Waals surface area contributed by atoms with Crippen LogP contribution in [0.3, 0.4) is 0 Å². The fourth-order valence-corrected chi connectivity index (χ4v) is 4.12. The number of hydrogen-bond acceptors (Lipinski definition) is 5. The minimum Gasteiger partial charge on any atom is -0.395 e. The van der Waals surface area contributed by atoms with E-state index in [4.69, 9.17) is 5.11 Å². The molecule has 0 bridgehead atoms. The zero-order valence-electron chi connectivity index (χ0n) is 14.6. The Morgan fingerprint density at radius 1 is 1.27 bits per heavy atom. The molecule has 2 N–H and O–H groups in total. The van der Waals surface area contributed by atoms with Gasteiger partial charge in [0.15, 0.2) is 0 Å². The lowest BCUT2D eigenvalue weighted by molar-refractivity contribution is -0.118. The van der Waals surface area contributed by atoms with Gasteiger partial charge in [0.1, 0.15) is 5.03 Å². The van der Waals surface area contributed by atoms with Crippen molar-refractivity contribution < 1.29 is 9.90 Å². The van der Waals surface area contributed by atoms with E-state index < -0.39 is 0 Å². The monoisotopic (exact) mass is 373 g/mol. The van der Waals surface area contributed by atoms with E-state index in [1.165, 1.54) is 17.3 Å². The number of carbonyl (C=O) groups is 1. The number of benzene rings is 1. The highest BCUT2D eigenvalue weighted by Gasteiger charge is 2.22. The number of carbonyl (C=O) groups excluding carboxylic acids is 1. The van der Waals surface area contributed by atoms with Crippen molar-refractivity contribution in [1.82, 2.24) is 14.9 Å². The van der Waals surface area contributed by atoms with E-state index in [1.807, 2.05) is 30.3 Å². The summed E-state index contributed by atoms with van der Waals surface area (Å²) in [6.45, 7) is 0.788. The van der Waals surface area contributed by atoms with Gasteiger partial charge in [-0.2, -0.15) is 4.98 Å². The second-order valence-corrected chi connectivity index (χ2v) is 7.19. The molecule has 0 radical (unpaired) electrons. The van der Waals surface area contributed by atoms with Crippen molar-refractivity contribution >= 4 is 17.7 Å². The second kappa shape index (κ2) is 9.00. The first-order valence-corrected chi connectivity index (χ1v) is 9.84. The van der Waals surface area contributed by atoms with Gasteiger partial charge in [0.25, 0.3) is 0 Å². The highest BCUT2D eigenvalue weighted by atomic mass is 32.2. The average Bonchev–Trinajstić information content (AvgIpc) is 3.13. The van der Waals surface area contributed by atoms with Crippen molar-refractivity contribution in [2.75, 3.05) is 18.9 Å². The third-order valence-electron chi connectivity index (χ3n) is 4.44.